The highest BCUT2D eigenvalue weighted by atomic mass is 16.5. The molecule has 2 aromatic carbocycles. The third-order valence-corrected chi connectivity index (χ3v) is 5.84. The summed E-state index contributed by atoms with van der Waals surface area (Å²) in [6.07, 6.45) is 2.35. The molecule has 0 radical (unpaired) electrons. The topological polar surface area (TPSA) is 82.6 Å². The van der Waals surface area contributed by atoms with Crippen molar-refractivity contribution >= 4 is 23.4 Å². The molecule has 1 aliphatic heterocycles. The first-order chi connectivity index (χ1) is 16.6. The molecular formula is C26H32N6O2. The molecule has 0 saturated carbocycles. The molecule has 0 spiro atoms. The van der Waals surface area contributed by atoms with E-state index in [1.807, 2.05) is 68.4 Å². The number of rotatable bonds is 9. The van der Waals surface area contributed by atoms with Gasteiger partial charge in [-0.15, -0.1) is 0 Å². The lowest BCUT2D eigenvalue weighted by Crippen LogP contribution is -2.33. The summed E-state index contributed by atoms with van der Waals surface area (Å²) in [5, 5.41) is 6.32. The van der Waals surface area contributed by atoms with E-state index < -0.39 is 0 Å². The van der Waals surface area contributed by atoms with Crippen molar-refractivity contribution < 1.29 is 9.53 Å². The number of aromatic nitrogens is 2. The van der Waals surface area contributed by atoms with Gasteiger partial charge in [0.15, 0.2) is 0 Å². The first-order valence-electron chi connectivity index (χ1n) is 11.7. The Bertz CT molecular complexity index is 1110. The minimum absolute atomic E-state index is 0.0894. The van der Waals surface area contributed by atoms with Gasteiger partial charge in [0.25, 0.3) is 5.91 Å². The number of carbonyl (C=O) groups excluding carboxylic acids is 1. The summed E-state index contributed by atoms with van der Waals surface area (Å²) in [6.45, 7) is 4.73. The first kappa shape index (κ1) is 23.5. The number of hydrogen-bond acceptors (Lipinski definition) is 7. The van der Waals surface area contributed by atoms with Crippen LogP contribution in [0.3, 0.4) is 0 Å². The Kier molecular flexibility index (Phi) is 7.59. The predicted molar refractivity (Wildman–Crippen MR) is 136 cm³/mol. The van der Waals surface area contributed by atoms with E-state index in [0.29, 0.717) is 37.0 Å². The molecule has 0 aliphatic carbocycles. The summed E-state index contributed by atoms with van der Waals surface area (Å²) in [6, 6.07) is 18.0. The fraction of sp³-hybridized carbons (Fsp3) is 0.346. The number of anilines is 3. The highest BCUT2D eigenvalue weighted by molar-refractivity contribution is 6.09. The molecule has 1 aromatic heterocycles. The molecule has 0 unspecified atom stereocenters. The first-order valence-corrected chi connectivity index (χ1v) is 11.7. The van der Waals surface area contributed by atoms with Crippen molar-refractivity contribution in [1.29, 1.82) is 0 Å². The number of hydrogen-bond donors (Lipinski definition) is 2. The molecule has 1 aliphatic rings. The largest absolute Gasteiger partial charge is 0.486 e. The molecule has 8 heteroatoms. The second-order valence-corrected chi connectivity index (χ2v) is 8.25. The van der Waals surface area contributed by atoms with Crippen molar-refractivity contribution in [1.82, 2.24) is 15.3 Å². The van der Waals surface area contributed by atoms with Crippen molar-refractivity contribution in [2.75, 3.05) is 55.4 Å². The van der Waals surface area contributed by atoms with Crippen LogP contribution in [-0.4, -0.2) is 56.1 Å². The zero-order valence-electron chi connectivity index (χ0n) is 20.0. The van der Waals surface area contributed by atoms with Crippen LogP contribution < -0.4 is 25.2 Å². The number of ether oxygens (including phenoxy) is 1. The third kappa shape index (κ3) is 5.28. The van der Waals surface area contributed by atoms with Crippen molar-refractivity contribution in [3.63, 3.8) is 0 Å². The van der Waals surface area contributed by atoms with Gasteiger partial charge in [-0.2, -0.15) is 4.98 Å². The standard InChI is InChI=1S/C26H32N6O2/c1-4-28-26-29-18-22-24(30-26)31(3)15-16-32(25(22)33)20-11-8-12-21(17-20)34-23(13-14-27-2)19-9-6-5-7-10-19/h5-12,17-18,23,27H,4,13-16H2,1-3H3,(H,28,29,30)/t23-/m0/s1. The maximum absolute atomic E-state index is 13.5. The summed E-state index contributed by atoms with van der Waals surface area (Å²) in [5.74, 6) is 1.78. The monoisotopic (exact) mass is 460 g/mol. The summed E-state index contributed by atoms with van der Waals surface area (Å²) < 4.78 is 6.41. The molecule has 4 rings (SSSR count). The van der Waals surface area contributed by atoms with Crippen molar-refractivity contribution in [3.05, 3.63) is 71.9 Å². The second kappa shape index (κ2) is 11.0. The number of carbonyl (C=O) groups is 1. The molecule has 1 atom stereocenters. The van der Waals surface area contributed by atoms with E-state index in [1.165, 1.54) is 0 Å². The maximum atomic E-state index is 13.5. The van der Waals surface area contributed by atoms with E-state index in [-0.39, 0.29) is 12.0 Å². The minimum Gasteiger partial charge on any atom is -0.486 e. The smallest absolute Gasteiger partial charge is 0.263 e. The normalized spacial score (nSPS) is 14.4. The van der Waals surface area contributed by atoms with Crippen LogP contribution in [0.1, 0.15) is 35.4 Å². The Hall–Kier alpha value is -3.65. The number of likely N-dealkylation sites (N-methyl/N-ethyl adjacent to an activating group) is 1. The Morgan fingerprint density at radius 2 is 1.94 bits per heavy atom. The van der Waals surface area contributed by atoms with Crippen LogP contribution in [0.25, 0.3) is 0 Å². The molecule has 178 valence electrons. The molecule has 1 amide bonds. The van der Waals surface area contributed by atoms with Crippen LogP contribution in [-0.2, 0) is 0 Å². The van der Waals surface area contributed by atoms with Crippen molar-refractivity contribution in [2.45, 2.75) is 19.4 Å². The van der Waals surface area contributed by atoms with Gasteiger partial charge in [-0.25, -0.2) is 4.98 Å². The lowest BCUT2D eigenvalue weighted by molar-refractivity contribution is 0.0989. The average molecular weight is 461 g/mol. The van der Waals surface area contributed by atoms with Gasteiger partial charge in [-0.3, -0.25) is 4.79 Å². The van der Waals surface area contributed by atoms with Crippen LogP contribution in [0, 0.1) is 0 Å². The molecule has 0 fully saturated rings. The molecular weight excluding hydrogens is 428 g/mol. The lowest BCUT2D eigenvalue weighted by Gasteiger charge is -2.23. The van der Waals surface area contributed by atoms with Crippen LogP contribution in [0.15, 0.2) is 60.8 Å². The van der Waals surface area contributed by atoms with Gasteiger partial charge in [0.05, 0.1) is 0 Å². The zero-order chi connectivity index (χ0) is 23.9. The van der Waals surface area contributed by atoms with Crippen molar-refractivity contribution in [2.24, 2.45) is 0 Å². The average Bonchev–Trinajstić information content (AvgIpc) is 2.99. The predicted octanol–water partition coefficient (Wildman–Crippen LogP) is 3.73. The SMILES string of the molecule is CCNc1ncc2c(n1)N(C)CCN(c1cccc(O[C@@H](CCNC)c3ccccc3)c1)C2=O. The Morgan fingerprint density at radius 1 is 1.12 bits per heavy atom. The summed E-state index contributed by atoms with van der Waals surface area (Å²) in [7, 11) is 3.89. The molecule has 34 heavy (non-hydrogen) atoms. The van der Waals surface area contributed by atoms with E-state index in [9.17, 15) is 4.79 Å². The second-order valence-electron chi connectivity index (χ2n) is 8.25. The molecule has 2 N–H and O–H groups in total. The van der Waals surface area contributed by atoms with Crippen LogP contribution in [0.2, 0.25) is 0 Å². The van der Waals surface area contributed by atoms with E-state index >= 15 is 0 Å². The van der Waals surface area contributed by atoms with E-state index in [2.05, 4.69) is 32.7 Å². The number of fused-ring (bicyclic) bond motifs is 1. The van der Waals surface area contributed by atoms with Gasteiger partial charge >= 0.3 is 0 Å². The van der Waals surface area contributed by atoms with E-state index in [0.717, 1.165) is 30.0 Å². The van der Waals surface area contributed by atoms with Crippen LogP contribution >= 0.6 is 0 Å². The summed E-state index contributed by atoms with van der Waals surface area (Å²) in [4.78, 5) is 26.2. The number of amides is 1. The van der Waals surface area contributed by atoms with Crippen LogP contribution in [0.5, 0.6) is 5.75 Å². The summed E-state index contributed by atoms with van der Waals surface area (Å²) >= 11 is 0. The molecule has 3 aromatic rings. The molecule has 8 nitrogen and oxygen atoms in total. The number of benzene rings is 2. The third-order valence-electron chi connectivity index (χ3n) is 5.84. The zero-order valence-corrected chi connectivity index (χ0v) is 20.0. The van der Waals surface area contributed by atoms with Gasteiger partial charge in [0, 0.05) is 51.1 Å². The fourth-order valence-electron chi connectivity index (χ4n) is 4.03. The summed E-state index contributed by atoms with van der Waals surface area (Å²) in [5.41, 5.74) is 2.40. The highest BCUT2D eigenvalue weighted by Gasteiger charge is 2.28. The minimum atomic E-state index is -0.116. The van der Waals surface area contributed by atoms with Gasteiger partial charge < -0.3 is 25.2 Å². The van der Waals surface area contributed by atoms with Gasteiger partial charge in [0.1, 0.15) is 23.2 Å². The van der Waals surface area contributed by atoms with Gasteiger partial charge in [-0.1, -0.05) is 36.4 Å². The van der Waals surface area contributed by atoms with E-state index in [4.69, 9.17) is 4.74 Å². The molecule has 0 bridgehead atoms. The number of nitrogens with zero attached hydrogens (tertiary/aromatic N) is 4. The van der Waals surface area contributed by atoms with E-state index in [1.54, 1.807) is 11.1 Å². The van der Waals surface area contributed by atoms with Gasteiger partial charge in [0.2, 0.25) is 5.95 Å². The molecule has 2 heterocycles. The Balaban J connectivity index is 1.59. The highest BCUT2D eigenvalue weighted by Crippen LogP contribution is 2.31. The molecule has 0 saturated heterocycles. The van der Waals surface area contributed by atoms with Crippen molar-refractivity contribution in [3.8, 4) is 5.75 Å². The van der Waals surface area contributed by atoms with Gasteiger partial charge in [-0.05, 0) is 38.2 Å². The fourth-order valence-corrected chi connectivity index (χ4v) is 4.03. The van der Waals surface area contributed by atoms with Crippen LogP contribution in [0.4, 0.5) is 17.5 Å². The quantitative estimate of drug-likeness (QED) is 0.503. The Labute approximate surface area is 201 Å². The Morgan fingerprint density at radius 3 is 2.71 bits per heavy atom. The number of nitrogens with one attached hydrogen (secondary N) is 2. The lowest BCUT2D eigenvalue weighted by atomic mass is 10.1. The maximum Gasteiger partial charge on any atom is 0.263 e.